The Morgan fingerprint density at radius 2 is 1.43 bits per heavy atom. The summed E-state index contributed by atoms with van der Waals surface area (Å²) in [6.45, 7) is 0.914. The van der Waals surface area contributed by atoms with E-state index in [-0.39, 0.29) is 23.5 Å². The molecule has 0 N–H and O–H groups in total. The third kappa shape index (κ3) is 3.83. The zero-order chi connectivity index (χ0) is 21.1. The lowest BCUT2D eigenvalue weighted by molar-refractivity contribution is -0.154. The SMILES string of the molecule is O=C(OCC(=O)N1CCCC1)[C@@H](Cc1ccccc1)N1C(=O)c2ccccc2C1=O. The molecule has 1 atom stereocenters. The highest BCUT2D eigenvalue weighted by Gasteiger charge is 2.43. The van der Waals surface area contributed by atoms with Crippen LogP contribution in [-0.4, -0.2) is 59.2 Å². The molecule has 0 unspecified atom stereocenters. The minimum Gasteiger partial charge on any atom is -0.454 e. The maximum Gasteiger partial charge on any atom is 0.330 e. The molecule has 3 amide bonds. The minimum atomic E-state index is -1.15. The second-order valence-electron chi connectivity index (χ2n) is 7.43. The van der Waals surface area contributed by atoms with Gasteiger partial charge in [0.15, 0.2) is 6.61 Å². The number of fused-ring (bicyclic) bond motifs is 1. The van der Waals surface area contributed by atoms with Gasteiger partial charge in [-0.15, -0.1) is 0 Å². The van der Waals surface area contributed by atoms with Crippen molar-refractivity contribution in [1.29, 1.82) is 0 Å². The van der Waals surface area contributed by atoms with Gasteiger partial charge in [-0.25, -0.2) is 4.79 Å². The van der Waals surface area contributed by atoms with Gasteiger partial charge in [-0.05, 0) is 30.5 Å². The van der Waals surface area contributed by atoms with Gasteiger partial charge in [0.25, 0.3) is 17.7 Å². The van der Waals surface area contributed by atoms with Crippen LogP contribution in [0.3, 0.4) is 0 Å². The molecule has 1 saturated heterocycles. The van der Waals surface area contributed by atoms with E-state index in [1.54, 1.807) is 29.2 Å². The molecule has 0 aromatic heterocycles. The van der Waals surface area contributed by atoms with E-state index in [0.29, 0.717) is 13.1 Å². The largest absolute Gasteiger partial charge is 0.454 e. The highest BCUT2D eigenvalue weighted by Crippen LogP contribution is 2.26. The number of ether oxygens (including phenoxy) is 1. The van der Waals surface area contributed by atoms with E-state index in [1.165, 1.54) is 0 Å². The Labute approximate surface area is 174 Å². The molecule has 2 aliphatic heterocycles. The van der Waals surface area contributed by atoms with Gasteiger partial charge in [0.2, 0.25) is 0 Å². The summed E-state index contributed by atoms with van der Waals surface area (Å²) in [5.74, 6) is -2.08. The van der Waals surface area contributed by atoms with Crippen LogP contribution in [0.25, 0.3) is 0 Å². The zero-order valence-corrected chi connectivity index (χ0v) is 16.5. The van der Waals surface area contributed by atoms with Crippen LogP contribution in [0, 0.1) is 0 Å². The number of carbonyl (C=O) groups excluding carboxylic acids is 4. The number of carbonyl (C=O) groups is 4. The van der Waals surface area contributed by atoms with Crippen molar-refractivity contribution in [2.75, 3.05) is 19.7 Å². The lowest BCUT2D eigenvalue weighted by Crippen LogP contribution is -2.47. The number of nitrogens with zero attached hydrogens (tertiary/aromatic N) is 2. The fourth-order valence-corrected chi connectivity index (χ4v) is 3.90. The summed E-state index contributed by atoms with van der Waals surface area (Å²) in [6, 6.07) is 14.4. The number of imide groups is 1. The lowest BCUT2D eigenvalue weighted by atomic mass is 10.0. The monoisotopic (exact) mass is 406 g/mol. The van der Waals surface area contributed by atoms with Crippen molar-refractivity contribution in [1.82, 2.24) is 9.80 Å². The van der Waals surface area contributed by atoms with Crippen molar-refractivity contribution in [2.45, 2.75) is 25.3 Å². The molecule has 2 heterocycles. The number of likely N-dealkylation sites (tertiary alicyclic amines) is 1. The van der Waals surface area contributed by atoms with Crippen molar-refractivity contribution >= 4 is 23.7 Å². The number of esters is 1. The maximum atomic E-state index is 13.0. The first-order valence-corrected chi connectivity index (χ1v) is 10.0. The highest BCUT2D eigenvalue weighted by atomic mass is 16.5. The summed E-state index contributed by atoms with van der Waals surface area (Å²) >= 11 is 0. The molecule has 2 aromatic carbocycles. The van der Waals surface area contributed by atoms with Crippen LogP contribution in [0.1, 0.15) is 39.1 Å². The van der Waals surface area contributed by atoms with E-state index in [4.69, 9.17) is 4.74 Å². The quantitative estimate of drug-likeness (QED) is 0.542. The van der Waals surface area contributed by atoms with Crippen LogP contribution in [0.4, 0.5) is 0 Å². The van der Waals surface area contributed by atoms with Crippen molar-refractivity contribution in [3.63, 3.8) is 0 Å². The third-order valence-corrected chi connectivity index (χ3v) is 5.48. The first-order valence-electron chi connectivity index (χ1n) is 10.0. The molecule has 1 fully saturated rings. The van der Waals surface area contributed by atoms with E-state index < -0.39 is 30.4 Å². The standard InChI is InChI=1S/C23H22N2O5/c26-20(24-12-6-7-13-24)15-30-23(29)19(14-16-8-2-1-3-9-16)25-21(27)17-10-4-5-11-18(17)22(25)28/h1-5,8-11,19H,6-7,12-15H2/t19-/m1/s1. The molecule has 0 radical (unpaired) electrons. The molecule has 0 bridgehead atoms. The Balaban J connectivity index is 1.55. The van der Waals surface area contributed by atoms with Crippen LogP contribution in [0.15, 0.2) is 54.6 Å². The molecule has 0 spiro atoms. The third-order valence-electron chi connectivity index (χ3n) is 5.48. The molecule has 30 heavy (non-hydrogen) atoms. The van der Waals surface area contributed by atoms with Gasteiger partial charge in [-0.2, -0.15) is 0 Å². The molecule has 7 heteroatoms. The average Bonchev–Trinajstić information content (AvgIpc) is 3.39. The van der Waals surface area contributed by atoms with Crippen molar-refractivity contribution in [2.24, 2.45) is 0 Å². The molecule has 154 valence electrons. The van der Waals surface area contributed by atoms with E-state index in [9.17, 15) is 19.2 Å². The number of hydrogen-bond donors (Lipinski definition) is 0. The molecular formula is C23H22N2O5. The average molecular weight is 406 g/mol. The molecule has 0 saturated carbocycles. The number of hydrogen-bond acceptors (Lipinski definition) is 5. The first-order chi connectivity index (χ1) is 14.6. The summed E-state index contributed by atoms with van der Waals surface area (Å²) in [6.07, 6.45) is 1.99. The van der Waals surface area contributed by atoms with E-state index in [0.717, 1.165) is 23.3 Å². The van der Waals surface area contributed by atoms with Crippen LogP contribution in [0.5, 0.6) is 0 Å². The van der Waals surface area contributed by atoms with Crippen molar-refractivity contribution in [3.8, 4) is 0 Å². The maximum absolute atomic E-state index is 13.0. The fourth-order valence-electron chi connectivity index (χ4n) is 3.90. The van der Waals surface area contributed by atoms with Gasteiger partial charge >= 0.3 is 5.97 Å². The Hall–Kier alpha value is -3.48. The normalized spacial score (nSPS) is 16.5. The predicted molar refractivity (Wildman–Crippen MR) is 108 cm³/mol. The van der Waals surface area contributed by atoms with Crippen LogP contribution < -0.4 is 0 Å². The Bertz CT molecular complexity index is 947. The zero-order valence-electron chi connectivity index (χ0n) is 16.5. The number of amides is 3. The molecular weight excluding hydrogens is 384 g/mol. The van der Waals surface area contributed by atoms with Gasteiger partial charge in [0.1, 0.15) is 6.04 Å². The van der Waals surface area contributed by atoms with Gasteiger partial charge in [-0.1, -0.05) is 42.5 Å². The van der Waals surface area contributed by atoms with E-state index >= 15 is 0 Å². The number of rotatable bonds is 6. The highest BCUT2D eigenvalue weighted by molar-refractivity contribution is 6.22. The smallest absolute Gasteiger partial charge is 0.330 e. The van der Waals surface area contributed by atoms with Gasteiger partial charge in [0.05, 0.1) is 11.1 Å². The van der Waals surface area contributed by atoms with Crippen molar-refractivity contribution in [3.05, 3.63) is 71.3 Å². The minimum absolute atomic E-state index is 0.114. The van der Waals surface area contributed by atoms with Crippen LogP contribution in [0.2, 0.25) is 0 Å². The summed E-state index contributed by atoms with van der Waals surface area (Å²) in [7, 11) is 0. The Morgan fingerprint density at radius 3 is 2.03 bits per heavy atom. The summed E-state index contributed by atoms with van der Waals surface area (Å²) in [4.78, 5) is 53.7. The summed E-state index contributed by atoms with van der Waals surface area (Å²) < 4.78 is 5.28. The Kier molecular flexibility index (Phi) is 5.61. The number of benzene rings is 2. The molecule has 7 nitrogen and oxygen atoms in total. The second-order valence-corrected chi connectivity index (χ2v) is 7.43. The molecule has 2 aromatic rings. The molecule has 2 aliphatic rings. The summed E-state index contributed by atoms with van der Waals surface area (Å²) in [5.41, 5.74) is 1.31. The Morgan fingerprint density at radius 1 is 0.867 bits per heavy atom. The first kappa shape index (κ1) is 19.8. The van der Waals surface area contributed by atoms with Crippen LogP contribution in [-0.2, 0) is 20.7 Å². The van der Waals surface area contributed by atoms with Crippen molar-refractivity contribution < 1.29 is 23.9 Å². The lowest BCUT2D eigenvalue weighted by Gasteiger charge is -2.25. The van der Waals surface area contributed by atoms with E-state index in [2.05, 4.69) is 0 Å². The predicted octanol–water partition coefficient (Wildman–Crippen LogP) is 2.06. The topological polar surface area (TPSA) is 84.0 Å². The van der Waals surface area contributed by atoms with Crippen LogP contribution >= 0.6 is 0 Å². The van der Waals surface area contributed by atoms with Gasteiger partial charge in [-0.3, -0.25) is 19.3 Å². The fraction of sp³-hybridized carbons (Fsp3) is 0.304. The molecule has 0 aliphatic carbocycles. The second kappa shape index (κ2) is 8.49. The van der Waals surface area contributed by atoms with Gasteiger partial charge in [0, 0.05) is 19.5 Å². The van der Waals surface area contributed by atoms with Gasteiger partial charge < -0.3 is 9.64 Å². The molecule has 4 rings (SSSR count). The summed E-state index contributed by atoms with van der Waals surface area (Å²) in [5, 5.41) is 0. The van der Waals surface area contributed by atoms with E-state index in [1.807, 2.05) is 30.3 Å².